The van der Waals surface area contributed by atoms with Crippen LogP contribution < -0.4 is 5.56 Å². The van der Waals surface area contributed by atoms with Crippen LogP contribution in [0.15, 0.2) is 41.3 Å². The van der Waals surface area contributed by atoms with Crippen LogP contribution in [-0.2, 0) is 13.1 Å². The molecule has 8 nitrogen and oxygen atoms in total. The van der Waals surface area contributed by atoms with Gasteiger partial charge in [0.15, 0.2) is 5.82 Å². The van der Waals surface area contributed by atoms with Crippen molar-refractivity contribution in [3.8, 4) is 11.5 Å². The van der Waals surface area contributed by atoms with E-state index in [2.05, 4.69) is 35.0 Å². The Bertz CT molecular complexity index is 1290. The zero-order valence-corrected chi connectivity index (χ0v) is 16.2. The van der Waals surface area contributed by atoms with E-state index in [0.717, 1.165) is 33.8 Å². The molecule has 0 saturated heterocycles. The average Bonchev–Trinajstić information content (AvgIpc) is 3.34. The minimum absolute atomic E-state index is 0.106. The van der Waals surface area contributed by atoms with Gasteiger partial charge < -0.3 is 14.9 Å². The van der Waals surface area contributed by atoms with E-state index in [1.807, 2.05) is 16.8 Å². The van der Waals surface area contributed by atoms with Gasteiger partial charge in [0, 0.05) is 18.8 Å². The molecule has 0 aliphatic carbocycles. The Labute approximate surface area is 166 Å². The molecule has 1 amide bonds. The lowest BCUT2D eigenvalue weighted by Crippen LogP contribution is -2.38. The van der Waals surface area contributed by atoms with Crippen molar-refractivity contribution in [1.29, 1.82) is 0 Å². The summed E-state index contributed by atoms with van der Waals surface area (Å²) in [7, 11) is 0. The summed E-state index contributed by atoms with van der Waals surface area (Å²) in [6.07, 6.45) is 1.46. The van der Waals surface area contributed by atoms with Crippen LogP contribution in [0.5, 0.6) is 0 Å². The van der Waals surface area contributed by atoms with Gasteiger partial charge in [-0.3, -0.25) is 14.3 Å². The molecule has 4 heterocycles. The Hall–Kier alpha value is -3.68. The molecule has 1 aliphatic rings. The minimum atomic E-state index is -0.223. The van der Waals surface area contributed by atoms with Crippen LogP contribution in [0.3, 0.4) is 0 Å². The molecule has 0 radical (unpaired) electrons. The van der Waals surface area contributed by atoms with Crippen LogP contribution in [0.2, 0.25) is 0 Å². The molecule has 3 aromatic heterocycles. The fourth-order valence-electron chi connectivity index (χ4n) is 3.72. The van der Waals surface area contributed by atoms with E-state index in [0.29, 0.717) is 25.2 Å². The summed E-state index contributed by atoms with van der Waals surface area (Å²) >= 11 is 0. The van der Waals surface area contributed by atoms with E-state index in [9.17, 15) is 9.59 Å². The highest BCUT2D eigenvalue weighted by Crippen LogP contribution is 2.25. The molecule has 8 heteroatoms. The largest absolute Gasteiger partial charge is 0.337 e. The lowest BCUT2D eigenvalue weighted by Gasteiger charge is -2.27. The van der Waals surface area contributed by atoms with Crippen molar-refractivity contribution in [2.45, 2.75) is 26.9 Å². The molecule has 146 valence electrons. The highest BCUT2D eigenvalue weighted by molar-refractivity contribution is 5.93. The molecule has 0 bridgehead atoms. The van der Waals surface area contributed by atoms with Crippen LogP contribution in [0.1, 0.15) is 27.2 Å². The zero-order chi connectivity index (χ0) is 20.1. The maximum Gasteiger partial charge on any atom is 0.255 e. The molecular formula is C21H20N6O2. The standard InChI is InChI=1S/C21H20N6O2/c1-12-3-5-16-19(13(12)2)24-20(23-16)17-9-15-11-26(7-8-27(15)25-17)21(29)14-4-6-18(28)22-10-14/h3-6,9-10H,7-8,11H2,1-2H3,(H,22,28)(H,23,24). The Morgan fingerprint density at radius 1 is 1.14 bits per heavy atom. The first-order valence-electron chi connectivity index (χ1n) is 9.50. The molecule has 4 aromatic rings. The van der Waals surface area contributed by atoms with Gasteiger partial charge >= 0.3 is 0 Å². The number of imidazole rings is 1. The lowest BCUT2D eigenvalue weighted by molar-refractivity contribution is 0.0705. The van der Waals surface area contributed by atoms with Gasteiger partial charge in [-0.2, -0.15) is 5.10 Å². The predicted octanol–water partition coefficient (Wildman–Crippen LogP) is 2.39. The molecule has 0 saturated carbocycles. The summed E-state index contributed by atoms with van der Waals surface area (Å²) in [5, 5.41) is 4.68. The van der Waals surface area contributed by atoms with Crippen molar-refractivity contribution >= 4 is 16.9 Å². The average molecular weight is 388 g/mol. The van der Waals surface area contributed by atoms with Gasteiger partial charge in [0.1, 0.15) is 5.69 Å². The smallest absolute Gasteiger partial charge is 0.255 e. The number of carbonyl (C=O) groups is 1. The van der Waals surface area contributed by atoms with Crippen LogP contribution >= 0.6 is 0 Å². The van der Waals surface area contributed by atoms with E-state index in [1.54, 1.807) is 11.0 Å². The molecule has 1 aromatic carbocycles. The second-order valence-corrected chi connectivity index (χ2v) is 7.40. The van der Waals surface area contributed by atoms with Crippen LogP contribution in [0.4, 0.5) is 0 Å². The number of hydrogen-bond donors (Lipinski definition) is 2. The highest BCUT2D eigenvalue weighted by Gasteiger charge is 2.24. The van der Waals surface area contributed by atoms with Crippen molar-refractivity contribution in [1.82, 2.24) is 29.6 Å². The molecule has 5 rings (SSSR count). The quantitative estimate of drug-likeness (QED) is 0.551. The van der Waals surface area contributed by atoms with Crippen LogP contribution in [0.25, 0.3) is 22.6 Å². The highest BCUT2D eigenvalue weighted by atomic mass is 16.2. The maximum absolute atomic E-state index is 12.7. The second kappa shape index (κ2) is 6.44. The number of aryl methyl sites for hydroxylation is 2. The van der Waals surface area contributed by atoms with Crippen LogP contribution in [-0.4, -0.2) is 42.1 Å². The summed E-state index contributed by atoms with van der Waals surface area (Å²) < 4.78 is 1.93. The summed E-state index contributed by atoms with van der Waals surface area (Å²) in [6.45, 7) is 5.78. The number of benzene rings is 1. The second-order valence-electron chi connectivity index (χ2n) is 7.40. The number of rotatable bonds is 2. The molecule has 0 fully saturated rings. The third kappa shape index (κ3) is 2.93. The van der Waals surface area contributed by atoms with Gasteiger partial charge in [-0.25, -0.2) is 4.98 Å². The summed E-state index contributed by atoms with van der Waals surface area (Å²) in [5.41, 5.74) is 6.29. The molecular weight excluding hydrogens is 368 g/mol. The number of aromatic nitrogens is 5. The van der Waals surface area contributed by atoms with Gasteiger partial charge in [0.05, 0.1) is 35.4 Å². The number of hydrogen-bond acceptors (Lipinski definition) is 4. The Morgan fingerprint density at radius 3 is 2.79 bits per heavy atom. The first kappa shape index (κ1) is 17.4. The Morgan fingerprint density at radius 2 is 2.00 bits per heavy atom. The molecule has 0 unspecified atom stereocenters. The number of carbonyl (C=O) groups excluding carboxylic acids is 1. The van der Waals surface area contributed by atoms with Crippen molar-refractivity contribution in [3.63, 3.8) is 0 Å². The monoisotopic (exact) mass is 388 g/mol. The molecule has 2 N–H and O–H groups in total. The number of fused-ring (bicyclic) bond motifs is 2. The molecule has 0 spiro atoms. The SMILES string of the molecule is Cc1ccc2[nH]c(-c3cc4n(n3)CCN(C(=O)c3ccc(=O)[nH]c3)C4)nc2c1C. The topological polar surface area (TPSA) is 99.7 Å². The van der Waals surface area contributed by atoms with Crippen LogP contribution in [0, 0.1) is 13.8 Å². The van der Waals surface area contributed by atoms with Crippen molar-refractivity contribution in [2.75, 3.05) is 6.54 Å². The third-order valence-electron chi connectivity index (χ3n) is 5.54. The van der Waals surface area contributed by atoms with E-state index in [4.69, 9.17) is 4.98 Å². The Kier molecular flexibility index (Phi) is 3.87. The van der Waals surface area contributed by atoms with Crippen molar-refractivity contribution in [3.05, 3.63) is 69.3 Å². The summed E-state index contributed by atoms with van der Waals surface area (Å²) in [4.78, 5) is 36.4. The molecule has 1 aliphatic heterocycles. The molecule has 0 atom stereocenters. The van der Waals surface area contributed by atoms with E-state index >= 15 is 0 Å². The minimum Gasteiger partial charge on any atom is -0.337 e. The maximum atomic E-state index is 12.7. The van der Waals surface area contributed by atoms with Gasteiger partial charge in [-0.1, -0.05) is 6.07 Å². The normalized spacial score (nSPS) is 13.7. The van der Waals surface area contributed by atoms with Crippen molar-refractivity contribution in [2.24, 2.45) is 0 Å². The van der Waals surface area contributed by atoms with Gasteiger partial charge in [-0.05, 0) is 43.2 Å². The lowest BCUT2D eigenvalue weighted by atomic mass is 10.1. The van der Waals surface area contributed by atoms with Gasteiger partial charge in [-0.15, -0.1) is 0 Å². The predicted molar refractivity (Wildman–Crippen MR) is 109 cm³/mol. The fraction of sp³-hybridized carbons (Fsp3) is 0.238. The fourth-order valence-corrected chi connectivity index (χ4v) is 3.72. The number of H-pyrrole nitrogens is 2. The van der Waals surface area contributed by atoms with Gasteiger partial charge in [0.2, 0.25) is 5.56 Å². The van der Waals surface area contributed by atoms with E-state index < -0.39 is 0 Å². The van der Waals surface area contributed by atoms with E-state index in [-0.39, 0.29) is 11.5 Å². The van der Waals surface area contributed by atoms with Crippen molar-refractivity contribution < 1.29 is 4.79 Å². The number of nitrogens with one attached hydrogen (secondary N) is 2. The van der Waals surface area contributed by atoms with E-state index in [1.165, 1.54) is 17.8 Å². The Balaban J connectivity index is 1.44. The van der Waals surface area contributed by atoms with Gasteiger partial charge in [0.25, 0.3) is 5.91 Å². The zero-order valence-electron chi connectivity index (χ0n) is 16.2. The number of nitrogens with zero attached hydrogens (tertiary/aromatic N) is 4. The summed E-state index contributed by atoms with van der Waals surface area (Å²) in [5.74, 6) is 0.624. The number of amides is 1. The third-order valence-corrected chi connectivity index (χ3v) is 5.54. The molecule has 29 heavy (non-hydrogen) atoms. The first-order chi connectivity index (χ1) is 14.0. The first-order valence-corrected chi connectivity index (χ1v) is 9.50. The number of pyridine rings is 1. The number of aromatic amines is 2. The summed E-state index contributed by atoms with van der Waals surface area (Å²) in [6, 6.07) is 9.02.